The molecule has 3 aromatic rings. The van der Waals surface area contributed by atoms with Crippen molar-refractivity contribution >= 4 is 33.5 Å². The number of nitrogens with zero attached hydrogens (tertiary/aromatic N) is 2. The van der Waals surface area contributed by atoms with Gasteiger partial charge in [-0.15, -0.1) is 16.9 Å². The highest BCUT2D eigenvalue weighted by molar-refractivity contribution is 8.00. The molecule has 0 unspecified atom stereocenters. The van der Waals surface area contributed by atoms with Gasteiger partial charge in [0.05, 0.1) is 16.2 Å². The van der Waals surface area contributed by atoms with E-state index in [0.717, 1.165) is 11.2 Å². The van der Waals surface area contributed by atoms with E-state index in [9.17, 15) is 13.2 Å². The quantitative estimate of drug-likeness (QED) is 0.647. The maximum atomic E-state index is 12.0. The molecule has 0 fully saturated rings. The van der Waals surface area contributed by atoms with Crippen LogP contribution < -0.4 is 5.32 Å². The van der Waals surface area contributed by atoms with Gasteiger partial charge in [0.25, 0.3) is 5.89 Å². The molecule has 0 atom stereocenters. The Bertz CT molecular complexity index is 1020. The number of rotatable bonds is 6. The summed E-state index contributed by atoms with van der Waals surface area (Å²) in [5.74, 6) is -0.0933. The minimum absolute atomic E-state index is 0.0250. The lowest BCUT2D eigenvalue weighted by Gasteiger charge is -2.03. The zero-order valence-electron chi connectivity index (χ0n) is 13.7. The number of benzene rings is 2. The minimum Gasteiger partial charge on any atom is -0.403 e. The molecule has 9 heteroatoms. The summed E-state index contributed by atoms with van der Waals surface area (Å²) < 4.78 is 29.1. The molecule has 0 bridgehead atoms. The maximum Gasteiger partial charge on any atom is 0.322 e. The molecule has 0 saturated heterocycles. The largest absolute Gasteiger partial charge is 0.403 e. The Morgan fingerprint density at radius 2 is 1.77 bits per heavy atom. The zero-order chi connectivity index (χ0) is 18.6. The smallest absolute Gasteiger partial charge is 0.322 e. The van der Waals surface area contributed by atoms with Crippen molar-refractivity contribution in [1.29, 1.82) is 0 Å². The van der Waals surface area contributed by atoms with Gasteiger partial charge in [-0.2, -0.15) is 0 Å². The van der Waals surface area contributed by atoms with Gasteiger partial charge in [0.15, 0.2) is 9.84 Å². The fourth-order valence-electron chi connectivity index (χ4n) is 2.17. The molecular weight excluding hydrogens is 374 g/mol. The number of carbonyl (C=O) groups excluding carboxylic acids is 1. The minimum atomic E-state index is -3.45. The van der Waals surface area contributed by atoms with Gasteiger partial charge in [0.2, 0.25) is 5.91 Å². The lowest BCUT2D eigenvalue weighted by atomic mass is 10.2. The van der Waals surface area contributed by atoms with Gasteiger partial charge in [0, 0.05) is 11.2 Å². The molecule has 0 spiro atoms. The number of anilines is 1. The molecule has 26 heavy (non-hydrogen) atoms. The third-order valence-electron chi connectivity index (χ3n) is 3.30. The van der Waals surface area contributed by atoms with Gasteiger partial charge in [-0.1, -0.05) is 35.4 Å². The van der Waals surface area contributed by atoms with Crippen LogP contribution in [0.2, 0.25) is 0 Å². The van der Waals surface area contributed by atoms with Crippen LogP contribution in [0, 0.1) is 0 Å². The van der Waals surface area contributed by atoms with E-state index >= 15 is 0 Å². The van der Waals surface area contributed by atoms with Crippen LogP contribution in [-0.4, -0.2) is 36.5 Å². The Labute approximate surface area is 154 Å². The molecule has 7 nitrogen and oxygen atoms in total. The first-order valence-electron chi connectivity index (χ1n) is 7.54. The van der Waals surface area contributed by atoms with Crippen LogP contribution >= 0.6 is 11.8 Å². The molecule has 134 valence electrons. The Hall–Kier alpha value is -2.65. The summed E-state index contributed by atoms with van der Waals surface area (Å²) in [4.78, 5) is 13.1. The molecular formula is C17H15N3O4S2. The van der Waals surface area contributed by atoms with E-state index in [1.54, 1.807) is 18.2 Å². The summed E-state index contributed by atoms with van der Waals surface area (Å²) >= 11 is 1.38. The van der Waals surface area contributed by atoms with Gasteiger partial charge < -0.3 is 4.42 Å². The fourth-order valence-corrected chi connectivity index (χ4v) is 3.77. The number of carbonyl (C=O) groups is 1. The summed E-state index contributed by atoms with van der Waals surface area (Å²) in [5.41, 5.74) is 0.293. The van der Waals surface area contributed by atoms with Crippen molar-refractivity contribution in [2.45, 2.75) is 9.79 Å². The normalized spacial score (nSPS) is 11.3. The van der Waals surface area contributed by atoms with Crippen molar-refractivity contribution in [1.82, 2.24) is 10.2 Å². The van der Waals surface area contributed by atoms with E-state index in [0.29, 0.717) is 5.56 Å². The zero-order valence-corrected chi connectivity index (χ0v) is 15.4. The Kier molecular flexibility index (Phi) is 5.38. The van der Waals surface area contributed by atoms with Gasteiger partial charge in [-0.3, -0.25) is 10.1 Å². The highest BCUT2D eigenvalue weighted by Crippen LogP contribution is 2.27. The van der Waals surface area contributed by atoms with E-state index < -0.39 is 9.84 Å². The lowest BCUT2D eigenvalue weighted by molar-refractivity contribution is -0.113. The van der Waals surface area contributed by atoms with Crippen molar-refractivity contribution in [2.24, 2.45) is 0 Å². The Morgan fingerprint density at radius 3 is 2.50 bits per heavy atom. The van der Waals surface area contributed by atoms with Crippen LogP contribution in [-0.2, 0) is 14.6 Å². The molecule has 1 N–H and O–H groups in total. The Morgan fingerprint density at radius 1 is 1.08 bits per heavy atom. The molecule has 0 aliphatic heterocycles. The number of amides is 1. The van der Waals surface area contributed by atoms with E-state index in [2.05, 4.69) is 15.5 Å². The second-order valence-electron chi connectivity index (χ2n) is 5.33. The monoisotopic (exact) mass is 389 g/mol. The van der Waals surface area contributed by atoms with E-state index in [1.807, 2.05) is 30.3 Å². The van der Waals surface area contributed by atoms with Crippen LogP contribution in [0.4, 0.5) is 6.01 Å². The van der Waals surface area contributed by atoms with Crippen LogP contribution in [0.1, 0.15) is 0 Å². The van der Waals surface area contributed by atoms with Gasteiger partial charge in [0.1, 0.15) is 0 Å². The fraction of sp³-hybridized carbons (Fsp3) is 0.118. The molecule has 0 radical (unpaired) electrons. The average Bonchev–Trinajstić information content (AvgIpc) is 3.08. The van der Waals surface area contributed by atoms with Crippen molar-refractivity contribution in [3.63, 3.8) is 0 Å². The predicted molar refractivity (Wildman–Crippen MR) is 98.6 cm³/mol. The number of sulfone groups is 1. The number of hydrogen-bond donors (Lipinski definition) is 1. The summed E-state index contributed by atoms with van der Waals surface area (Å²) in [6.07, 6.45) is 1.10. The second kappa shape index (κ2) is 7.71. The number of aromatic nitrogens is 2. The molecule has 0 aliphatic rings. The van der Waals surface area contributed by atoms with Crippen LogP contribution in [0.25, 0.3) is 11.5 Å². The second-order valence-corrected chi connectivity index (χ2v) is 8.36. The number of nitrogens with one attached hydrogen (secondary N) is 1. The Balaban J connectivity index is 1.70. The molecule has 1 aromatic heterocycles. The predicted octanol–water partition coefficient (Wildman–Crippen LogP) is 2.87. The van der Waals surface area contributed by atoms with E-state index in [1.165, 1.54) is 17.8 Å². The summed E-state index contributed by atoms with van der Waals surface area (Å²) in [6, 6.07) is 15.7. The van der Waals surface area contributed by atoms with E-state index in [-0.39, 0.29) is 28.5 Å². The summed E-state index contributed by atoms with van der Waals surface area (Å²) in [6.45, 7) is 0. The van der Waals surface area contributed by atoms with Crippen LogP contribution in [0.5, 0.6) is 0 Å². The van der Waals surface area contributed by atoms with Crippen molar-refractivity contribution in [3.05, 3.63) is 54.6 Å². The molecule has 1 heterocycles. The molecule has 0 saturated carbocycles. The lowest BCUT2D eigenvalue weighted by Crippen LogP contribution is -2.14. The summed E-state index contributed by atoms with van der Waals surface area (Å²) in [5, 5.41) is 10.1. The highest BCUT2D eigenvalue weighted by atomic mass is 32.2. The molecule has 2 aromatic carbocycles. The first-order valence-corrected chi connectivity index (χ1v) is 10.4. The summed E-state index contributed by atoms with van der Waals surface area (Å²) in [7, 11) is -3.45. The molecule has 1 amide bonds. The maximum absolute atomic E-state index is 12.0. The first-order chi connectivity index (χ1) is 12.4. The van der Waals surface area contributed by atoms with E-state index in [4.69, 9.17) is 4.42 Å². The van der Waals surface area contributed by atoms with Crippen LogP contribution in [0.3, 0.4) is 0 Å². The van der Waals surface area contributed by atoms with Crippen molar-refractivity contribution in [3.8, 4) is 11.5 Å². The third kappa shape index (κ3) is 4.50. The van der Waals surface area contributed by atoms with Crippen LogP contribution in [0.15, 0.2) is 68.8 Å². The SMILES string of the molecule is CS(=O)(=O)c1ccccc1-c1nnc(NC(=O)CSc2ccccc2)o1. The van der Waals surface area contributed by atoms with Crippen molar-refractivity contribution < 1.29 is 17.6 Å². The van der Waals surface area contributed by atoms with Crippen molar-refractivity contribution in [2.75, 3.05) is 17.3 Å². The third-order valence-corrected chi connectivity index (χ3v) is 5.47. The molecule has 3 rings (SSSR count). The number of hydrogen-bond acceptors (Lipinski definition) is 7. The highest BCUT2D eigenvalue weighted by Gasteiger charge is 2.19. The number of thioether (sulfide) groups is 1. The topological polar surface area (TPSA) is 102 Å². The standard InChI is InChI=1S/C17H15N3O4S2/c1-26(22,23)14-10-6-5-9-13(14)16-19-20-17(24-16)18-15(21)11-25-12-7-3-2-4-8-12/h2-10H,11H2,1H3,(H,18,20,21). The average molecular weight is 389 g/mol. The van der Waals surface area contributed by atoms with Gasteiger partial charge >= 0.3 is 6.01 Å². The van der Waals surface area contributed by atoms with Gasteiger partial charge in [-0.05, 0) is 24.3 Å². The van der Waals surface area contributed by atoms with Gasteiger partial charge in [-0.25, -0.2) is 8.42 Å². The molecule has 0 aliphatic carbocycles. The first kappa shape index (κ1) is 18.2.